The average molecular weight is 292 g/mol. The molecule has 0 saturated carbocycles. The van der Waals surface area contributed by atoms with Crippen LogP contribution in [0.25, 0.3) is 0 Å². The van der Waals surface area contributed by atoms with Crippen molar-refractivity contribution in [2.45, 2.75) is 46.1 Å². The van der Waals surface area contributed by atoms with Crippen LogP contribution >= 0.6 is 7.60 Å². The van der Waals surface area contributed by atoms with E-state index in [-0.39, 0.29) is 25.5 Å². The summed E-state index contributed by atoms with van der Waals surface area (Å²) in [5.41, 5.74) is 0. The van der Waals surface area contributed by atoms with Gasteiger partial charge in [0, 0.05) is 0 Å². The monoisotopic (exact) mass is 292 g/mol. The van der Waals surface area contributed by atoms with Crippen LogP contribution in [-0.2, 0) is 23.1 Å². The zero-order valence-electron chi connectivity index (χ0n) is 12.1. The van der Waals surface area contributed by atoms with Gasteiger partial charge in [0.15, 0.2) is 0 Å². The van der Waals surface area contributed by atoms with Crippen LogP contribution in [0.5, 0.6) is 0 Å². The molecule has 0 fully saturated rings. The summed E-state index contributed by atoms with van der Waals surface area (Å²) in [4.78, 5) is 11.7. The van der Waals surface area contributed by atoms with Gasteiger partial charge < -0.3 is 13.8 Å². The third kappa shape index (κ3) is 8.98. The zero-order chi connectivity index (χ0) is 14.7. The Morgan fingerprint density at radius 1 is 1.32 bits per heavy atom. The first-order valence-corrected chi connectivity index (χ1v) is 8.38. The Balaban J connectivity index is 4.18. The molecule has 5 nitrogen and oxygen atoms in total. The van der Waals surface area contributed by atoms with Crippen LogP contribution in [-0.4, -0.2) is 31.4 Å². The van der Waals surface area contributed by atoms with Crippen molar-refractivity contribution in [3.63, 3.8) is 0 Å². The number of carbonyl (C=O) groups is 1. The molecule has 1 unspecified atom stereocenters. The maximum absolute atomic E-state index is 12.1. The van der Waals surface area contributed by atoms with E-state index in [0.29, 0.717) is 0 Å². The number of hydrogen-bond donors (Lipinski definition) is 0. The van der Waals surface area contributed by atoms with Crippen LogP contribution in [0, 0.1) is 0 Å². The molecule has 0 N–H and O–H groups in total. The lowest BCUT2D eigenvalue weighted by atomic mass is 10.2. The number of esters is 1. The highest BCUT2D eigenvalue weighted by molar-refractivity contribution is 7.54. The van der Waals surface area contributed by atoms with Crippen molar-refractivity contribution >= 4 is 13.6 Å². The highest BCUT2D eigenvalue weighted by atomic mass is 31.2. The van der Waals surface area contributed by atoms with Crippen molar-refractivity contribution in [1.82, 2.24) is 0 Å². The maximum atomic E-state index is 12.1. The van der Waals surface area contributed by atoms with Gasteiger partial charge in [0.1, 0.15) is 6.16 Å². The highest BCUT2D eigenvalue weighted by Gasteiger charge is 2.29. The molecule has 0 saturated heterocycles. The number of carbonyl (C=O) groups excluding carboxylic acids is 1. The Bertz CT molecular complexity index is 306. The van der Waals surface area contributed by atoms with Crippen LogP contribution in [0.2, 0.25) is 0 Å². The Labute approximate surface area is 115 Å². The zero-order valence-corrected chi connectivity index (χ0v) is 13.0. The van der Waals surface area contributed by atoms with Gasteiger partial charge in [-0.3, -0.25) is 9.36 Å². The van der Waals surface area contributed by atoms with Gasteiger partial charge in [-0.05, 0) is 40.0 Å². The SMILES string of the molecule is C=CCCCC(C)OC(=O)CP(=O)(OCC)OCC. The minimum absolute atomic E-state index is 0.204. The first-order valence-electron chi connectivity index (χ1n) is 6.66. The Hall–Kier alpha value is -0.640. The summed E-state index contributed by atoms with van der Waals surface area (Å²) in [6, 6.07) is 0. The van der Waals surface area contributed by atoms with Gasteiger partial charge in [0.25, 0.3) is 0 Å². The average Bonchev–Trinajstić information content (AvgIpc) is 2.29. The van der Waals surface area contributed by atoms with Crippen molar-refractivity contribution < 1.29 is 23.1 Å². The number of rotatable bonds is 11. The molecule has 0 heterocycles. The molecule has 0 aliphatic carbocycles. The van der Waals surface area contributed by atoms with Crippen LogP contribution in [0.4, 0.5) is 0 Å². The predicted molar refractivity (Wildman–Crippen MR) is 75.3 cm³/mol. The van der Waals surface area contributed by atoms with Crippen LogP contribution in [0.3, 0.4) is 0 Å². The number of allylic oxidation sites excluding steroid dienone is 1. The van der Waals surface area contributed by atoms with Crippen molar-refractivity contribution in [2.24, 2.45) is 0 Å². The maximum Gasteiger partial charge on any atom is 0.341 e. The second-order valence-electron chi connectivity index (χ2n) is 4.12. The first-order chi connectivity index (χ1) is 8.97. The molecule has 19 heavy (non-hydrogen) atoms. The van der Waals surface area contributed by atoms with Gasteiger partial charge in [-0.25, -0.2) is 0 Å². The van der Waals surface area contributed by atoms with E-state index < -0.39 is 13.6 Å². The fourth-order valence-electron chi connectivity index (χ4n) is 1.55. The van der Waals surface area contributed by atoms with Gasteiger partial charge in [0.2, 0.25) is 0 Å². The molecule has 0 aliphatic heterocycles. The normalized spacial score (nSPS) is 13.0. The second-order valence-corrected chi connectivity index (χ2v) is 6.18. The van der Waals surface area contributed by atoms with E-state index in [0.717, 1.165) is 19.3 Å². The van der Waals surface area contributed by atoms with E-state index in [1.54, 1.807) is 13.8 Å². The molecule has 112 valence electrons. The number of unbranched alkanes of at least 4 members (excludes halogenated alkanes) is 1. The predicted octanol–water partition coefficient (Wildman–Crippen LogP) is 3.54. The van der Waals surface area contributed by atoms with Crippen LogP contribution < -0.4 is 0 Å². The summed E-state index contributed by atoms with van der Waals surface area (Å²) in [5.74, 6) is -0.545. The molecule has 0 spiro atoms. The van der Waals surface area contributed by atoms with E-state index in [1.807, 2.05) is 13.0 Å². The van der Waals surface area contributed by atoms with Crippen molar-refractivity contribution in [1.29, 1.82) is 0 Å². The van der Waals surface area contributed by atoms with Gasteiger partial charge in [0.05, 0.1) is 19.3 Å². The summed E-state index contributed by atoms with van der Waals surface area (Å²) >= 11 is 0. The third-order valence-electron chi connectivity index (χ3n) is 2.33. The standard InChI is InChI=1S/C13H25O5P/c1-5-8-9-10-12(4)18-13(14)11-19(15,16-6-2)17-7-3/h5,12H,1,6-11H2,2-4H3. The summed E-state index contributed by atoms with van der Waals surface area (Å²) < 4.78 is 27.4. The Morgan fingerprint density at radius 3 is 2.37 bits per heavy atom. The quantitative estimate of drug-likeness (QED) is 0.252. The lowest BCUT2D eigenvalue weighted by molar-refractivity contribution is -0.145. The summed E-state index contributed by atoms with van der Waals surface area (Å²) in [7, 11) is -3.35. The second kappa shape index (κ2) is 10.2. The molecule has 0 aliphatic rings. The molecular formula is C13H25O5P. The molecule has 0 amide bonds. The molecular weight excluding hydrogens is 267 g/mol. The Morgan fingerprint density at radius 2 is 1.89 bits per heavy atom. The minimum atomic E-state index is -3.35. The molecule has 0 aromatic heterocycles. The highest BCUT2D eigenvalue weighted by Crippen LogP contribution is 2.47. The lowest BCUT2D eigenvalue weighted by Crippen LogP contribution is -2.19. The largest absolute Gasteiger partial charge is 0.462 e. The van der Waals surface area contributed by atoms with E-state index in [4.69, 9.17) is 13.8 Å². The first kappa shape index (κ1) is 18.4. The third-order valence-corrected chi connectivity index (χ3v) is 4.27. The topological polar surface area (TPSA) is 61.8 Å². The van der Waals surface area contributed by atoms with Crippen molar-refractivity contribution in [3.05, 3.63) is 12.7 Å². The van der Waals surface area contributed by atoms with E-state index >= 15 is 0 Å². The molecule has 0 bridgehead atoms. The molecule has 6 heteroatoms. The minimum Gasteiger partial charge on any atom is -0.462 e. The Kier molecular flexibility index (Phi) is 9.84. The summed E-state index contributed by atoms with van der Waals surface area (Å²) in [5, 5.41) is 0. The summed E-state index contributed by atoms with van der Waals surface area (Å²) in [6.07, 6.45) is 3.84. The van der Waals surface area contributed by atoms with E-state index in [2.05, 4.69) is 6.58 Å². The van der Waals surface area contributed by atoms with Gasteiger partial charge in [-0.2, -0.15) is 0 Å². The molecule has 0 aromatic rings. The van der Waals surface area contributed by atoms with Crippen molar-refractivity contribution in [3.8, 4) is 0 Å². The summed E-state index contributed by atoms with van der Waals surface area (Å²) in [6.45, 7) is 9.32. The van der Waals surface area contributed by atoms with E-state index in [1.165, 1.54) is 0 Å². The lowest BCUT2D eigenvalue weighted by Gasteiger charge is -2.18. The molecule has 0 radical (unpaired) electrons. The van der Waals surface area contributed by atoms with Gasteiger partial charge in [-0.15, -0.1) is 6.58 Å². The van der Waals surface area contributed by atoms with Crippen molar-refractivity contribution in [2.75, 3.05) is 19.4 Å². The van der Waals surface area contributed by atoms with Crippen LogP contribution in [0.15, 0.2) is 12.7 Å². The van der Waals surface area contributed by atoms with E-state index in [9.17, 15) is 9.36 Å². The van der Waals surface area contributed by atoms with Crippen LogP contribution in [0.1, 0.15) is 40.0 Å². The van der Waals surface area contributed by atoms with Gasteiger partial charge in [-0.1, -0.05) is 6.08 Å². The molecule has 1 atom stereocenters. The fourth-order valence-corrected chi connectivity index (χ4v) is 2.98. The smallest absolute Gasteiger partial charge is 0.341 e. The fraction of sp³-hybridized carbons (Fsp3) is 0.769. The van der Waals surface area contributed by atoms with Gasteiger partial charge >= 0.3 is 13.6 Å². The molecule has 0 aromatic carbocycles. The number of hydrogen-bond acceptors (Lipinski definition) is 5. The number of ether oxygens (including phenoxy) is 1. The molecule has 0 rings (SSSR count).